The number of halogens is 2. The normalized spacial score (nSPS) is 19.7. The summed E-state index contributed by atoms with van der Waals surface area (Å²) in [6.07, 6.45) is 2.93. The second kappa shape index (κ2) is 9.42. The lowest BCUT2D eigenvalue weighted by Crippen LogP contribution is -2.25. The molecule has 5 heterocycles. The van der Waals surface area contributed by atoms with E-state index < -0.39 is 11.6 Å². The molecule has 2 saturated heterocycles. The van der Waals surface area contributed by atoms with E-state index in [9.17, 15) is 8.78 Å². The lowest BCUT2D eigenvalue weighted by Gasteiger charge is -2.17. The van der Waals surface area contributed by atoms with Crippen molar-refractivity contribution in [2.75, 3.05) is 31.5 Å². The first-order chi connectivity index (χ1) is 17.9. The molecule has 3 aromatic heterocycles. The van der Waals surface area contributed by atoms with Crippen LogP contribution in [0.25, 0.3) is 22.3 Å². The number of hydrogen-bond donors (Lipinski definition) is 2. The molecule has 0 aliphatic carbocycles. The van der Waals surface area contributed by atoms with Crippen LogP contribution in [0.2, 0.25) is 0 Å². The molecule has 2 atom stereocenters. The summed E-state index contributed by atoms with van der Waals surface area (Å²) in [6.45, 7) is 11.2. The highest BCUT2D eigenvalue weighted by atomic mass is 19.1. The van der Waals surface area contributed by atoms with Gasteiger partial charge in [-0.25, -0.2) is 28.7 Å². The van der Waals surface area contributed by atoms with Crippen LogP contribution in [0.15, 0.2) is 36.7 Å². The molecule has 192 valence electrons. The standard InChI is InChI=1S/C27H30F2N8/c1-15(2)37-16(3)33-26-21(28)6-18(7-23(26)37)25-22(29)11-32-27(35-25)34-24-5-4-17(8-31-24)12-36-13-19-9-30-10-20(19)14-36/h4-8,11,15,19-20,30H,9-10,12-14H2,1-3H3,(H,31,32,34,35). The zero-order valence-electron chi connectivity index (χ0n) is 21.2. The first-order valence-electron chi connectivity index (χ1n) is 12.7. The van der Waals surface area contributed by atoms with Gasteiger partial charge in [0.15, 0.2) is 11.6 Å². The predicted molar refractivity (Wildman–Crippen MR) is 138 cm³/mol. The van der Waals surface area contributed by atoms with Crippen LogP contribution in [0.4, 0.5) is 20.5 Å². The van der Waals surface area contributed by atoms with Gasteiger partial charge in [-0.3, -0.25) is 4.90 Å². The minimum Gasteiger partial charge on any atom is -0.326 e. The van der Waals surface area contributed by atoms with Gasteiger partial charge in [-0.1, -0.05) is 6.07 Å². The van der Waals surface area contributed by atoms with E-state index in [0.29, 0.717) is 22.7 Å². The fourth-order valence-electron chi connectivity index (χ4n) is 5.73. The molecule has 0 radical (unpaired) electrons. The van der Waals surface area contributed by atoms with Crippen molar-refractivity contribution in [2.45, 2.75) is 33.4 Å². The average Bonchev–Trinajstić information content (AvgIpc) is 3.54. The molecule has 8 nitrogen and oxygen atoms in total. The van der Waals surface area contributed by atoms with E-state index in [2.05, 4.69) is 35.5 Å². The van der Waals surface area contributed by atoms with Gasteiger partial charge >= 0.3 is 0 Å². The Morgan fingerprint density at radius 2 is 1.81 bits per heavy atom. The van der Waals surface area contributed by atoms with Crippen molar-refractivity contribution >= 4 is 22.8 Å². The van der Waals surface area contributed by atoms with Crippen LogP contribution in [0.5, 0.6) is 0 Å². The Hall–Kier alpha value is -3.50. The number of benzene rings is 1. The Balaban J connectivity index is 1.22. The molecule has 2 aliphatic rings. The molecule has 0 saturated carbocycles. The monoisotopic (exact) mass is 504 g/mol. The van der Waals surface area contributed by atoms with Crippen molar-refractivity contribution in [3.63, 3.8) is 0 Å². The Morgan fingerprint density at radius 3 is 2.51 bits per heavy atom. The van der Waals surface area contributed by atoms with Gasteiger partial charge in [-0.2, -0.15) is 0 Å². The van der Waals surface area contributed by atoms with Crippen LogP contribution in [-0.4, -0.2) is 55.6 Å². The van der Waals surface area contributed by atoms with Gasteiger partial charge in [-0.05, 0) is 69.5 Å². The summed E-state index contributed by atoms with van der Waals surface area (Å²) in [6, 6.07) is 6.97. The van der Waals surface area contributed by atoms with Crippen LogP contribution >= 0.6 is 0 Å². The molecule has 2 N–H and O–H groups in total. The number of imidazole rings is 1. The molecule has 0 bridgehead atoms. The first-order valence-corrected chi connectivity index (χ1v) is 12.7. The van der Waals surface area contributed by atoms with E-state index in [-0.39, 0.29) is 23.2 Å². The van der Waals surface area contributed by atoms with Gasteiger partial charge in [0.1, 0.15) is 22.9 Å². The molecule has 2 unspecified atom stereocenters. The quantitative estimate of drug-likeness (QED) is 0.401. The van der Waals surface area contributed by atoms with Crippen molar-refractivity contribution in [1.29, 1.82) is 0 Å². The van der Waals surface area contributed by atoms with E-state index in [1.807, 2.05) is 43.7 Å². The highest BCUT2D eigenvalue weighted by molar-refractivity contribution is 5.83. The largest absolute Gasteiger partial charge is 0.326 e. The summed E-state index contributed by atoms with van der Waals surface area (Å²) in [5.41, 5.74) is 2.34. The van der Waals surface area contributed by atoms with Crippen molar-refractivity contribution in [2.24, 2.45) is 11.8 Å². The molecule has 2 fully saturated rings. The van der Waals surface area contributed by atoms with Crippen molar-refractivity contribution in [1.82, 2.24) is 34.7 Å². The SMILES string of the molecule is Cc1nc2c(F)cc(-c3nc(Nc4ccc(CN5CC6CNCC6C5)cn4)ncc3F)cc2n1C(C)C. The number of likely N-dealkylation sites (tertiary alicyclic amines) is 1. The van der Waals surface area contributed by atoms with Crippen molar-refractivity contribution < 1.29 is 8.78 Å². The summed E-state index contributed by atoms with van der Waals surface area (Å²) < 4.78 is 31.7. The lowest BCUT2D eigenvalue weighted by atomic mass is 10.0. The average molecular weight is 505 g/mol. The third-order valence-corrected chi connectivity index (χ3v) is 7.39. The van der Waals surface area contributed by atoms with Crippen LogP contribution in [-0.2, 0) is 6.54 Å². The highest BCUT2D eigenvalue weighted by Gasteiger charge is 2.35. The van der Waals surface area contributed by atoms with E-state index >= 15 is 0 Å². The molecule has 10 heteroatoms. The summed E-state index contributed by atoms with van der Waals surface area (Å²) in [5, 5.41) is 6.52. The molecule has 2 aliphatic heterocycles. The Kier molecular flexibility index (Phi) is 6.08. The molecule has 0 spiro atoms. The predicted octanol–water partition coefficient (Wildman–Crippen LogP) is 4.45. The highest BCUT2D eigenvalue weighted by Crippen LogP contribution is 2.31. The third kappa shape index (κ3) is 4.55. The molecule has 6 rings (SSSR count). The number of nitrogens with zero attached hydrogens (tertiary/aromatic N) is 6. The number of aromatic nitrogens is 5. The fraction of sp³-hybridized carbons (Fsp3) is 0.407. The van der Waals surface area contributed by atoms with E-state index in [0.717, 1.165) is 56.3 Å². The topological polar surface area (TPSA) is 83.8 Å². The van der Waals surface area contributed by atoms with Gasteiger partial charge in [0.25, 0.3) is 0 Å². The number of anilines is 2. The van der Waals surface area contributed by atoms with Gasteiger partial charge in [0.05, 0.1) is 11.7 Å². The number of aryl methyl sites for hydroxylation is 1. The Bertz CT molecular complexity index is 1440. The molecular formula is C27H30F2N8. The molecule has 4 aromatic rings. The molecule has 0 amide bonds. The summed E-state index contributed by atoms with van der Waals surface area (Å²) in [7, 11) is 0. The number of pyridine rings is 1. The van der Waals surface area contributed by atoms with Gasteiger partial charge in [-0.15, -0.1) is 0 Å². The van der Waals surface area contributed by atoms with Crippen molar-refractivity contribution in [3.8, 4) is 11.3 Å². The van der Waals surface area contributed by atoms with Gasteiger partial charge < -0.3 is 15.2 Å². The summed E-state index contributed by atoms with van der Waals surface area (Å²) in [5.74, 6) is 1.80. The van der Waals surface area contributed by atoms with Crippen LogP contribution < -0.4 is 10.6 Å². The molecule has 37 heavy (non-hydrogen) atoms. The summed E-state index contributed by atoms with van der Waals surface area (Å²) >= 11 is 0. The second-order valence-electron chi connectivity index (χ2n) is 10.4. The maximum Gasteiger partial charge on any atom is 0.229 e. The van der Waals surface area contributed by atoms with Crippen LogP contribution in [0, 0.1) is 30.4 Å². The number of nitrogens with one attached hydrogen (secondary N) is 2. The van der Waals surface area contributed by atoms with E-state index in [4.69, 9.17) is 0 Å². The Morgan fingerprint density at radius 1 is 1.03 bits per heavy atom. The van der Waals surface area contributed by atoms with Gasteiger partial charge in [0, 0.05) is 37.4 Å². The van der Waals surface area contributed by atoms with Crippen LogP contribution in [0.3, 0.4) is 0 Å². The first kappa shape index (κ1) is 23.9. The minimum absolute atomic E-state index is 0.0122. The number of rotatable bonds is 6. The lowest BCUT2D eigenvalue weighted by molar-refractivity contribution is 0.305. The zero-order valence-corrected chi connectivity index (χ0v) is 21.2. The van der Waals surface area contributed by atoms with Crippen LogP contribution in [0.1, 0.15) is 31.3 Å². The Labute approximate surface area is 214 Å². The second-order valence-corrected chi connectivity index (χ2v) is 10.4. The van der Waals surface area contributed by atoms with Crippen molar-refractivity contribution in [3.05, 3.63) is 59.7 Å². The minimum atomic E-state index is -0.634. The third-order valence-electron chi connectivity index (χ3n) is 7.39. The smallest absolute Gasteiger partial charge is 0.229 e. The van der Waals surface area contributed by atoms with E-state index in [1.165, 1.54) is 6.07 Å². The fourth-order valence-corrected chi connectivity index (χ4v) is 5.73. The number of hydrogen-bond acceptors (Lipinski definition) is 7. The molecular weight excluding hydrogens is 474 g/mol. The maximum atomic E-state index is 14.9. The number of fused-ring (bicyclic) bond motifs is 2. The van der Waals surface area contributed by atoms with Gasteiger partial charge in [0.2, 0.25) is 5.95 Å². The summed E-state index contributed by atoms with van der Waals surface area (Å²) in [4.78, 5) is 19.8. The zero-order chi connectivity index (χ0) is 25.7. The maximum absolute atomic E-state index is 14.9. The molecule has 1 aromatic carbocycles. The van der Waals surface area contributed by atoms with E-state index in [1.54, 1.807) is 6.07 Å².